The summed E-state index contributed by atoms with van der Waals surface area (Å²) < 4.78 is 28.6. The molecule has 0 aliphatic rings. The predicted molar refractivity (Wildman–Crippen MR) is 89.5 cm³/mol. The third-order valence-corrected chi connectivity index (χ3v) is 3.70. The zero-order valence-corrected chi connectivity index (χ0v) is 14.0. The van der Waals surface area contributed by atoms with E-state index in [0.717, 1.165) is 11.8 Å². The van der Waals surface area contributed by atoms with Crippen LogP contribution in [0.5, 0.6) is 0 Å². The molecule has 0 spiro atoms. The molecule has 3 rings (SSSR count). The van der Waals surface area contributed by atoms with Gasteiger partial charge in [0.15, 0.2) is 5.82 Å². The van der Waals surface area contributed by atoms with Crippen LogP contribution in [0.25, 0.3) is 0 Å². The van der Waals surface area contributed by atoms with E-state index in [1.165, 1.54) is 18.5 Å². The van der Waals surface area contributed by atoms with Gasteiger partial charge in [-0.05, 0) is 19.9 Å². The SMILES string of the molecule is Cc1cc(Nc2ncnc(NC(C)c3ccc(F)cc3F)n2)nn1C. The van der Waals surface area contributed by atoms with Crippen molar-refractivity contribution in [1.82, 2.24) is 24.7 Å². The second-order valence-corrected chi connectivity index (χ2v) is 5.58. The minimum absolute atomic E-state index is 0.265. The predicted octanol–water partition coefficient (Wildman–Crippen LogP) is 3.11. The topological polar surface area (TPSA) is 80.6 Å². The molecular weight excluding hydrogens is 328 g/mol. The van der Waals surface area contributed by atoms with Gasteiger partial charge in [-0.25, -0.2) is 18.7 Å². The molecule has 9 heteroatoms. The lowest BCUT2D eigenvalue weighted by Crippen LogP contribution is -2.12. The van der Waals surface area contributed by atoms with E-state index in [0.29, 0.717) is 17.3 Å². The van der Waals surface area contributed by atoms with Gasteiger partial charge in [-0.2, -0.15) is 10.1 Å². The number of rotatable bonds is 5. The Labute approximate surface area is 143 Å². The van der Waals surface area contributed by atoms with Gasteiger partial charge in [-0.3, -0.25) is 4.68 Å². The molecule has 130 valence electrons. The van der Waals surface area contributed by atoms with E-state index in [-0.39, 0.29) is 5.95 Å². The maximum atomic E-state index is 13.9. The van der Waals surface area contributed by atoms with E-state index in [4.69, 9.17) is 0 Å². The number of hydrogen-bond donors (Lipinski definition) is 2. The summed E-state index contributed by atoms with van der Waals surface area (Å²) in [7, 11) is 1.83. The minimum Gasteiger partial charge on any atom is -0.347 e. The summed E-state index contributed by atoms with van der Waals surface area (Å²) in [5.41, 5.74) is 1.30. The lowest BCUT2D eigenvalue weighted by molar-refractivity contribution is 0.566. The van der Waals surface area contributed by atoms with Crippen molar-refractivity contribution in [2.24, 2.45) is 7.05 Å². The smallest absolute Gasteiger partial charge is 0.233 e. The van der Waals surface area contributed by atoms with Crippen LogP contribution in [-0.2, 0) is 7.05 Å². The summed E-state index contributed by atoms with van der Waals surface area (Å²) in [5.74, 6) is -0.0688. The van der Waals surface area contributed by atoms with Crippen molar-refractivity contribution in [2.45, 2.75) is 19.9 Å². The number of anilines is 3. The van der Waals surface area contributed by atoms with Crippen molar-refractivity contribution in [3.8, 4) is 0 Å². The molecule has 0 aliphatic heterocycles. The molecule has 1 atom stereocenters. The molecule has 1 unspecified atom stereocenters. The third-order valence-electron chi connectivity index (χ3n) is 3.70. The summed E-state index contributed by atoms with van der Waals surface area (Å²) in [4.78, 5) is 12.3. The van der Waals surface area contributed by atoms with Crippen LogP contribution in [0.2, 0.25) is 0 Å². The molecule has 0 bridgehead atoms. The average Bonchev–Trinajstić information content (AvgIpc) is 2.85. The fourth-order valence-electron chi connectivity index (χ4n) is 2.29. The highest BCUT2D eigenvalue weighted by Gasteiger charge is 2.13. The van der Waals surface area contributed by atoms with E-state index in [1.807, 2.05) is 20.0 Å². The second-order valence-electron chi connectivity index (χ2n) is 5.58. The van der Waals surface area contributed by atoms with Crippen LogP contribution in [0.4, 0.5) is 26.5 Å². The number of nitrogens with one attached hydrogen (secondary N) is 2. The maximum Gasteiger partial charge on any atom is 0.233 e. The molecule has 0 fully saturated rings. The Morgan fingerprint density at radius 1 is 1.12 bits per heavy atom. The van der Waals surface area contributed by atoms with Crippen molar-refractivity contribution in [3.05, 3.63) is 53.5 Å². The molecule has 0 aliphatic carbocycles. The summed E-state index contributed by atoms with van der Waals surface area (Å²) in [6, 6.07) is 4.85. The number of benzene rings is 1. The molecule has 25 heavy (non-hydrogen) atoms. The number of halogens is 2. The summed E-state index contributed by atoms with van der Waals surface area (Å²) >= 11 is 0. The highest BCUT2D eigenvalue weighted by molar-refractivity contribution is 5.49. The standard InChI is InChI=1S/C16H17F2N7/c1-9-6-14(24-25(9)3)22-16-20-8-19-15(23-16)21-10(2)12-5-4-11(17)7-13(12)18/h4-8,10H,1-3H3,(H2,19,20,21,22,23,24). The highest BCUT2D eigenvalue weighted by atomic mass is 19.1. The van der Waals surface area contributed by atoms with Gasteiger partial charge in [0.05, 0.1) is 6.04 Å². The Morgan fingerprint density at radius 3 is 2.56 bits per heavy atom. The Hall–Kier alpha value is -3.10. The highest BCUT2D eigenvalue weighted by Crippen LogP contribution is 2.21. The Morgan fingerprint density at radius 2 is 1.88 bits per heavy atom. The van der Waals surface area contributed by atoms with Gasteiger partial charge >= 0.3 is 0 Å². The lowest BCUT2D eigenvalue weighted by atomic mass is 10.1. The van der Waals surface area contributed by atoms with Crippen molar-refractivity contribution >= 4 is 17.7 Å². The normalized spacial score (nSPS) is 12.0. The van der Waals surface area contributed by atoms with Crippen LogP contribution in [0, 0.1) is 18.6 Å². The summed E-state index contributed by atoms with van der Waals surface area (Å²) in [5, 5.41) is 10.2. The van der Waals surface area contributed by atoms with Gasteiger partial charge < -0.3 is 10.6 Å². The van der Waals surface area contributed by atoms with Crippen LogP contribution in [-0.4, -0.2) is 24.7 Å². The van der Waals surface area contributed by atoms with Crippen molar-refractivity contribution in [2.75, 3.05) is 10.6 Å². The van der Waals surface area contributed by atoms with Crippen molar-refractivity contribution < 1.29 is 8.78 Å². The first kappa shape index (κ1) is 16.7. The third kappa shape index (κ3) is 3.87. The molecule has 2 aromatic heterocycles. The van der Waals surface area contributed by atoms with E-state index in [2.05, 4.69) is 30.7 Å². The summed E-state index contributed by atoms with van der Waals surface area (Å²) in [6.07, 6.45) is 1.33. The first-order valence-electron chi connectivity index (χ1n) is 7.60. The van der Waals surface area contributed by atoms with Crippen LogP contribution in [0.3, 0.4) is 0 Å². The number of nitrogens with zero attached hydrogens (tertiary/aromatic N) is 5. The fraction of sp³-hybridized carbons (Fsp3) is 0.250. The molecule has 2 heterocycles. The first-order chi connectivity index (χ1) is 11.9. The monoisotopic (exact) mass is 345 g/mol. The number of aryl methyl sites for hydroxylation is 2. The van der Waals surface area contributed by atoms with Crippen LogP contribution in [0.1, 0.15) is 24.2 Å². The quantitative estimate of drug-likeness (QED) is 0.740. The summed E-state index contributed by atoms with van der Waals surface area (Å²) in [6.45, 7) is 3.66. The second kappa shape index (κ2) is 6.80. The average molecular weight is 345 g/mol. The van der Waals surface area contributed by atoms with Gasteiger partial charge in [0.25, 0.3) is 0 Å². The van der Waals surface area contributed by atoms with Crippen LogP contribution in [0.15, 0.2) is 30.6 Å². The molecule has 0 saturated carbocycles. The number of hydrogen-bond acceptors (Lipinski definition) is 6. The van der Waals surface area contributed by atoms with Crippen LogP contribution >= 0.6 is 0 Å². The molecule has 7 nitrogen and oxygen atoms in total. The van der Waals surface area contributed by atoms with Gasteiger partial charge in [0, 0.05) is 30.4 Å². The molecule has 0 amide bonds. The first-order valence-corrected chi connectivity index (χ1v) is 7.60. The Balaban J connectivity index is 1.74. The zero-order valence-electron chi connectivity index (χ0n) is 14.0. The van der Waals surface area contributed by atoms with Gasteiger partial charge in [0.2, 0.25) is 11.9 Å². The Kier molecular flexibility index (Phi) is 4.55. The molecule has 2 N–H and O–H groups in total. The largest absolute Gasteiger partial charge is 0.347 e. The lowest BCUT2D eigenvalue weighted by Gasteiger charge is -2.15. The van der Waals surface area contributed by atoms with E-state index < -0.39 is 17.7 Å². The maximum absolute atomic E-state index is 13.9. The van der Waals surface area contributed by atoms with E-state index in [9.17, 15) is 8.78 Å². The zero-order chi connectivity index (χ0) is 18.0. The van der Waals surface area contributed by atoms with Crippen LogP contribution < -0.4 is 10.6 Å². The molecular formula is C16H17F2N7. The molecule has 3 aromatic rings. The molecule has 0 saturated heterocycles. The Bertz CT molecular complexity index is 874. The van der Waals surface area contributed by atoms with Crippen molar-refractivity contribution in [1.29, 1.82) is 0 Å². The fourth-order valence-corrected chi connectivity index (χ4v) is 2.29. The van der Waals surface area contributed by atoms with E-state index in [1.54, 1.807) is 11.6 Å². The molecule has 1 aromatic carbocycles. The molecule has 0 radical (unpaired) electrons. The van der Waals surface area contributed by atoms with E-state index >= 15 is 0 Å². The van der Waals surface area contributed by atoms with Gasteiger partial charge in [-0.15, -0.1) is 0 Å². The van der Waals surface area contributed by atoms with Gasteiger partial charge in [0.1, 0.15) is 18.0 Å². The van der Waals surface area contributed by atoms with Crippen molar-refractivity contribution in [3.63, 3.8) is 0 Å². The minimum atomic E-state index is -0.628. The number of aromatic nitrogens is 5. The van der Waals surface area contributed by atoms with Gasteiger partial charge in [-0.1, -0.05) is 6.07 Å².